The van der Waals surface area contributed by atoms with Crippen molar-refractivity contribution in [3.8, 4) is 11.5 Å². The lowest BCUT2D eigenvalue weighted by Gasteiger charge is -2.14. The zero-order valence-corrected chi connectivity index (χ0v) is 21.0. The Kier molecular flexibility index (Phi) is 6.38. The number of methoxy groups -OCH3 is 1. The summed E-state index contributed by atoms with van der Waals surface area (Å²) in [4.78, 5) is 13.1. The number of halogens is 1. The number of benzene rings is 4. The number of carbonyl (C=O) groups excluding carboxylic acids is 1. The van der Waals surface area contributed by atoms with Gasteiger partial charge in [-0.25, -0.2) is 0 Å². The minimum absolute atomic E-state index is 0.170. The first kappa shape index (κ1) is 22.9. The largest absolute Gasteiger partial charge is 0.493 e. The number of fused-ring (bicyclic) bond motifs is 1. The van der Waals surface area contributed by atoms with Gasteiger partial charge in [-0.2, -0.15) is 10.1 Å². The molecule has 1 aliphatic rings. The second kappa shape index (κ2) is 9.76. The fraction of sp³-hybridized carbons (Fsp3) is 0.103. The highest BCUT2D eigenvalue weighted by Gasteiger charge is 2.29. The van der Waals surface area contributed by atoms with Gasteiger partial charge in [0.2, 0.25) is 0 Å². The molecule has 0 saturated heterocycles. The van der Waals surface area contributed by atoms with Crippen LogP contribution in [0.15, 0.2) is 100 Å². The number of hydrogen-bond donors (Lipinski definition) is 0. The smallest absolute Gasteiger partial charge is 0.280 e. The van der Waals surface area contributed by atoms with Crippen molar-refractivity contribution in [2.24, 2.45) is 5.10 Å². The molecule has 0 aliphatic carbocycles. The second-order valence-corrected chi connectivity index (χ2v) is 9.05. The van der Waals surface area contributed by atoms with Crippen LogP contribution in [0.1, 0.15) is 18.1 Å². The normalized spacial score (nSPS) is 14.5. The van der Waals surface area contributed by atoms with Gasteiger partial charge in [-0.3, -0.25) is 4.79 Å². The van der Waals surface area contributed by atoms with Crippen molar-refractivity contribution in [1.29, 1.82) is 0 Å². The van der Waals surface area contributed by atoms with Crippen molar-refractivity contribution < 1.29 is 14.3 Å². The summed E-state index contributed by atoms with van der Waals surface area (Å²) in [6, 6.07) is 27.6. The summed E-state index contributed by atoms with van der Waals surface area (Å²) in [6.45, 7) is 2.24. The summed E-state index contributed by atoms with van der Waals surface area (Å²) in [7, 11) is 1.60. The molecular formula is C29H23BrN2O3. The number of nitrogens with zero attached hydrogens (tertiary/aromatic N) is 2. The van der Waals surface area contributed by atoms with Crippen LogP contribution in [0, 0.1) is 0 Å². The van der Waals surface area contributed by atoms with E-state index in [2.05, 4.69) is 51.4 Å². The Morgan fingerprint density at radius 2 is 1.66 bits per heavy atom. The summed E-state index contributed by atoms with van der Waals surface area (Å²) in [5.41, 5.74) is 3.78. The molecule has 35 heavy (non-hydrogen) atoms. The molecule has 0 spiro atoms. The first-order valence-electron chi connectivity index (χ1n) is 11.2. The molecule has 0 radical (unpaired) electrons. The summed E-state index contributed by atoms with van der Waals surface area (Å²) in [5, 5.41) is 8.24. The van der Waals surface area contributed by atoms with Crippen molar-refractivity contribution in [1.82, 2.24) is 0 Å². The van der Waals surface area contributed by atoms with Gasteiger partial charge in [0.25, 0.3) is 5.91 Å². The molecule has 5 nitrogen and oxygen atoms in total. The fourth-order valence-corrected chi connectivity index (χ4v) is 4.44. The van der Waals surface area contributed by atoms with Gasteiger partial charge < -0.3 is 9.47 Å². The predicted octanol–water partition coefficient (Wildman–Crippen LogP) is 7.00. The first-order chi connectivity index (χ1) is 17.0. The van der Waals surface area contributed by atoms with Crippen LogP contribution in [0.3, 0.4) is 0 Å². The zero-order chi connectivity index (χ0) is 24.4. The molecule has 0 bridgehead atoms. The molecule has 4 aromatic rings. The summed E-state index contributed by atoms with van der Waals surface area (Å²) in [6.07, 6.45) is 1.82. The predicted molar refractivity (Wildman–Crippen MR) is 144 cm³/mol. The second-order valence-electron chi connectivity index (χ2n) is 8.19. The topological polar surface area (TPSA) is 51.1 Å². The first-order valence-corrected chi connectivity index (χ1v) is 12.0. The standard InChI is InChI=1S/C29H23BrN2O3/c1-19-25(29(33)32(31-19)24-10-4-3-5-11-24)15-23-16-27(34-2)28(17-26(23)30)35-18-20-12-13-21-8-6-7-9-22(21)14-20/h3-17H,18H2,1-2H3/b25-15+. The van der Waals surface area contributed by atoms with Crippen LogP contribution in [-0.2, 0) is 11.4 Å². The van der Waals surface area contributed by atoms with E-state index in [1.807, 2.05) is 67.6 Å². The van der Waals surface area contributed by atoms with Gasteiger partial charge in [0.05, 0.1) is 24.1 Å². The summed E-state index contributed by atoms with van der Waals surface area (Å²) in [5.74, 6) is 1.03. The van der Waals surface area contributed by atoms with E-state index in [-0.39, 0.29) is 5.91 Å². The monoisotopic (exact) mass is 526 g/mol. The van der Waals surface area contributed by atoms with Gasteiger partial charge in [-0.1, -0.05) is 70.5 Å². The lowest BCUT2D eigenvalue weighted by Crippen LogP contribution is -2.21. The minimum Gasteiger partial charge on any atom is -0.493 e. The van der Waals surface area contributed by atoms with Crippen LogP contribution in [0.25, 0.3) is 16.8 Å². The number of carbonyl (C=O) groups is 1. The third kappa shape index (κ3) is 4.70. The maximum absolute atomic E-state index is 13.1. The molecule has 0 unspecified atom stereocenters. The molecule has 1 heterocycles. The highest BCUT2D eigenvalue weighted by molar-refractivity contribution is 9.10. The lowest BCUT2D eigenvalue weighted by molar-refractivity contribution is -0.114. The van der Waals surface area contributed by atoms with E-state index in [9.17, 15) is 4.79 Å². The van der Waals surface area contributed by atoms with Crippen molar-refractivity contribution in [2.45, 2.75) is 13.5 Å². The SMILES string of the molecule is COc1cc(/C=C2/C(=O)N(c3ccccc3)N=C2C)c(Br)cc1OCc1ccc2ccccc2c1. The fourth-order valence-electron chi connectivity index (χ4n) is 4.01. The zero-order valence-electron chi connectivity index (χ0n) is 19.4. The Balaban J connectivity index is 1.39. The maximum Gasteiger partial charge on any atom is 0.280 e. The third-order valence-electron chi connectivity index (χ3n) is 5.85. The number of rotatable bonds is 6. The van der Waals surface area contributed by atoms with E-state index in [1.54, 1.807) is 7.11 Å². The van der Waals surface area contributed by atoms with Gasteiger partial charge in [-0.15, -0.1) is 0 Å². The molecule has 0 saturated carbocycles. The Bertz CT molecular complexity index is 1480. The average molecular weight is 527 g/mol. The molecular weight excluding hydrogens is 504 g/mol. The van der Waals surface area contributed by atoms with E-state index in [0.29, 0.717) is 29.4 Å². The van der Waals surface area contributed by atoms with Gasteiger partial charge in [-0.05, 0) is 65.2 Å². The summed E-state index contributed by atoms with van der Waals surface area (Å²) < 4.78 is 12.5. The number of amides is 1. The Labute approximate surface area is 212 Å². The van der Waals surface area contributed by atoms with Crippen LogP contribution in [0.5, 0.6) is 11.5 Å². The quantitative estimate of drug-likeness (QED) is 0.254. The van der Waals surface area contributed by atoms with Gasteiger partial charge in [0.1, 0.15) is 6.61 Å². The van der Waals surface area contributed by atoms with Crippen molar-refractivity contribution >= 4 is 50.1 Å². The molecule has 1 aliphatic heterocycles. The molecule has 174 valence electrons. The Hall–Kier alpha value is -3.90. The molecule has 0 N–H and O–H groups in total. The van der Waals surface area contributed by atoms with E-state index in [4.69, 9.17) is 9.47 Å². The maximum atomic E-state index is 13.1. The van der Waals surface area contributed by atoms with Crippen molar-refractivity contribution in [2.75, 3.05) is 12.1 Å². The highest BCUT2D eigenvalue weighted by atomic mass is 79.9. The van der Waals surface area contributed by atoms with Crippen molar-refractivity contribution in [3.05, 3.63) is 106 Å². The highest BCUT2D eigenvalue weighted by Crippen LogP contribution is 2.36. The number of hydrazone groups is 1. The average Bonchev–Trinajstić information content (AvgIpc) is 3.17. The minimum atomic E-state index is -0.170. The Morgan fingerprint density at radius 3 is 2.43 bits per heavy atom. The lowest BCUT2D eigenvalue weighted by atomic mass is 10.1. The number of ether oxygens (including phenoxy) is 2. The van der Waals surface area contributed by atoms with Gasteiger partial charge in [0, 0.05) is 4.47 Å². The van der Waals surface area contributed by atoms with Crippen LogP contribution >= 0.6 is 15.9 Å². The molecule has 0 atom stereocenters. The molecule has 1 amide bonds. The van der Waals surface area contributed by atoms with E-state index >= 15 is 0 Å². The van der Waals surface area contributed by atoms with E-state index in [0.717, 1.165) is 21.3 Å². The molecule has 5 rings (SSSR count). The molecule has 4 aromatic carbocycles. The molecule has 6 heteroatoms. The molecule has 0 aromatic heterocycles. The van der Waals surface area contributed by atoms with Gasteiger partial charge >= 0.3 is 0 Å². The third-order valence-corrected chi connectivity index (χ3v) is 6.54. The summed E-state index contributed by atoms with van der Waals surface area (Å²) >= 11 is 3.63. The number of hydrogen-bond acceptors (Lipinski definition) is 4. The van der Waals surface area contributed by atoms with Crippen LogP contribution in [-0.4, -0.2) is 18.7 Å². The van der Waals surface area contributed by atoms with Crippen LogP contribution < -0.4 is 14.5 Å². The van der Waals surface area contributed by atoms with Gasteiger partial charge in [0.15, 0.2) is 11.5 Å². The van der Waals surface area contributed by atoms with Crippen LogP contribution in [0.2, 0.25) is 0 Å². The van der Waals surface area contributed by atoms with Crippen LogP contribution in [0.4, 0.5) is 5.69 Å². The van der Waals surface area contributed by atoms with E-state index in [1.165, 1.54) is 15.8 Å². The Morgan fingerprint density at radius 1 is 0.914 bits per heavy atom. The molecule has 0 fully saturated rings. The number of para-hydroxylation sites is 1. The number of anilines is 1. The van der Waals surface area contributed by atoms with Crippen molar-refractivity contribution in [3.63, 3.8) is 0 Å². The van der Waals surface area contributed by atoms with E-state index < -0.39 is 0 Å².